The molecule has 0 aliphatic heterocycles. The van der Waals surface area contributed by atoms with Gasteiger partial charge in [-0.1, -0.05) is 25.1 Å². The Labute approximate surface area is 96.5 Å². The van der Waals surface area contributed by atoms with Crippen LogP contribution in [0.3, 0.4) is 0 Å². The van der Waals surface area contributed by atoms with Gasteiger partial charge in [-0.15, -0.1) is 0 Å². The lowest BCUT2D eigenvalue weighted by molar-refractivity contribution is 0.739. The van der Waals surface area contributed by atoms with Crippen molar-refractivity contribution in [1.82, 2.24) is 9.88 Å². The van der Waals surface area contributed by atoms with E-state index in [1.807, 2.05) is 0 Å². The third-order valence-corrected chi connectivity index (χ3v) is 2.76. The molecule has 0 saturated carbocycles. The van der Waals surface area contributed by atoms with Crippen molar-refractivity contribution in [3.05, 3.63) is 30.5 Å². The fourth-order valence-corrected chi connectivity index (χ4v) is 1.94. The van der Waals surface area contributed by atoms with Gasteiger partial charge in [-0.25, -0.2) is 0 Å². The van der Waals surface area contributed by atoms with Crippen molar-refractivity contribution in [2.24, 2.45) is 7.05 Å². The molecule has 0 fully saturated rings. The maximum absolute atomic E-state index is 3.46. The topological polar surface area (TPSA) is 29.0 Å². The fraction of sp³-hybridized carbons (Fsp3) is 0.385. The van der Waals surface area contributed by atoms with Gasteiger partial charge in [0.05, 0.1) is 5.69 Å². The molecule has 1 heterocycles. The maximum Gasteiger partial charge on any atom is 0.0600 e. The second-order valence-electron chi connectivity index (χ2n) is 3.95. The van der Waals surface area contributed by atoms with E-state index in [2.05, 4.69) is 59.6 Å². The Balaban J connectivity index is 2.12. The second kappa shape index (κ2) is 5.03. The first-order chi connectivity index (χ1) is 7.83. The molecule has 0 saturated heterocycles. The molecule has 3 nitrogen and oxygen atoms in total. The van der Waals surface area contributed by atoms with Crippen LogP contribution in [-0.4, -0.2) is 24.2 Å². The zero-order valence-electron chi connectivity index (χ0n) is 9.96. The minimum absolute atomic E-state index is 0.960. The Kier molecular flexibility index (Phi) is 3.47. The average molecular weight is 217 g/mol. The van der Waals surface area contributed by atoms with Crippen LogP contribution in [0.5, 0.6) is 0 Å². The van der Waals surface area contributed by atoms with Crippen LogP contribution in [0, 0.1) is 0 Å². The number of benzene rings is 1. The summed E-state index contributed by atoms with van der Waals surface area (Å²) in [5, 5.41) is 8.06. The number of aryl methyl sites for hydroxylation is 1. The van der Waals surface area contributed by atoms with E-state index in [9.17, 15) is 0 Å². The highest BCUT2D eigenvalue weighted by Gasteiger charge is 2.03. The van der Waals surface area contributed by atoms with E-state index in [0.29, 0.717) is 0 Å². The van der Waals surface area contributed by atoms with Crippen molar-refractivity contribution in [2.75, 3.05) is 25.0 Å². The van der Waals surface area contributed by atoms with E-state index in [-0.39, 0.29) is 0 Å². The van der Waals surface area contributed by atoms with E-state index in [4.69, 9.17) is 0 Å². The molecule has 0 spiro atoms. The third kappa shape index (κ3) is 2.19. The molecule has 0 amide bonds. The van der Waals surface area contributed by atoms with Gasteiger partial charge in [0, 0.05) is 37.2 Å². The Bertz CT molecular complexity index is 459. The Morgan fingerprint density at radius 3 is 2.81 bits per heavy atom. The van der Waals surface area contributed by atoms with Crippen molar-refractivity contribution >= 4 is 16.6 Å². The maximum atomic E-state index is 3.46. The Morgan fingerprint density at radius 2 is 2.00 bits per heavy atom. The van der Waals surface area contributed by atoms with Crippen LogP contribution in [0.2, 0.25) is 0 Å². The second-order valence-corrected chi connectivity index (χ2v) is 3.95. The highest BCUT2D eigenvalue weighted by atomic mass is 15.0. The Morgan fingerprint density at radius 1 is 1.19 bits per heavy atom. The number of hydrogen-bond acceptors (Lipinski definition) is 2. The molecule has 1 aromatic heterocycles. The predicted molar refractivity (Wildman–Crippen MR) is 70.0 cm³/mol. The van der Waals surface area contributed by atoms with Crippen LogP contribution in [0.15, 0.2) is 30.5 Å². The first-order valence-corrected chi connectivity index (χ1v) is 5.81. The number of nitrogens with one attached hydrogen (secondary N) is 2. The van der Waals surface area contributed by atoms with Gasteiger partial charge >= 0.3 is 0 Å². The van der Waals surface area contributed by atoms with Gasteiger partial charge in [0.1, 0.15) is 0 Å². The summed E-state index contributed by atoms with van der Waals surface area (Å²) in [6, 6.07) is 8.46. The molecule has 0 aliphatic rings. The van der Waals surface area contributed by atoms with E-state index in [1.54, 1.807) is 0 Å². The van der Waals surface area contributed by atoms with E-state index < -0.39 is 0 Å². The zero-order chi connectivity index (χ0) is 11.4. The van der Waals surface area contributed by atoms with Gasteiger partial charge < -0.3 is 15.2 Å². The lowest BCUT2D eigenvalue weighted by atomic mass is 10.2. The van der Waals surface area contributed by atoms with E-state index in [1.165, 1.54) is 16.6 Å². The monoisotopic (exact) mass is 217 g/mol. The average Bonchev–Trinajstić information content (AvgIpc) is 2.63. The number of rotatable bonds is 5. The van der Waals surface area contributed by atoms with Gasteiger partial charge in [-0.3, -0.25) is 0 Å². The van der Waals surface area contributed by atoms with Gasteiger partial charge in [0.15, 0.2) is 0 Å². The number of likely N-dealkylation sites (N-methyl/N-ethyl adjacent to an activating group) is 1. The standard InChI is InChI=1S/C13H19N3/c1-3-14-8-9-15-12-10-16(2)13-7-5-4-6-11(12)13/h4-7,10,14-15H,3,8-9H2,1-2H3. The highest BCUT2D eigenvalue weighted by molar-refractivity contribution is 5.92. The third-order valence-electron chi connectivity index (χ3n) is 2.76. The first kappa shape index (κ1) is 11.0. The minimum atomic E-state index is 0.960. The first-order valence-electron chi connectivity index (χ1n) is 5.81. The fourth-order valence-electron chi connectivity index (χ4n) is 1.94. The molecule has 86 valence electrons. The number of aromatic nitrogens is 1. The SMILES string of the molecule is CCNCCNc1cn(C)c2ccccc12. The summed E-state index contributed by atoms with van der Waals surface area (Å²) in [5.41, 5.74) is 2.49. The van der Waals surface area contributed by atoms with Crippen LogP contribution in [-0.2, 0) is 7.05 Å². The van der Waals surface area contributed by atoms with Crippen molar-refractivity contribution in [3.8, 4) is 0 Å². The van der Waals surface area contributed by atoms with E-state index in [0.717, 1.165) is 19.6 Å². The molecular weight excluding hydrogens is 198 g/mol. The molecule has 2 rings (SSSR count). The molecule has 0 radical (unpaired) electrons. The zero-order valence-corrected chi connectivity index (χ0v) is 9.96. The quantitative estimate of drug-likeness (QED) is 0.752. The van der Waals surface area contributed by atoms with Gasteiger partial charge in [-0.05, 0) is 12.6 Å². The number of nitrogens with zero attached hydrogens (tertiary/aromatic N) is 1. The van der Waals surface area contributed by atoms with Gasteiger partial charge in [0.2, 0.25) is 0 Å². The van der Waals surface area contributed by atoms with Crippen LogP contribution in [0.4, 0.5) is 5.69 Å². The van der Waals surface area contributed by atoms with Crippen LogP contribution >= 0.6 is 0 Å². The summed E-state index contributed by atoms with van der Waals surface area (Å²) in [6.07, 6.45) is 2.15. The number of anilines is 1. The van der Waals surface area contributed by atoms with E-state index >= 15 is 0 Å². The highest BCUT2D eigenvalue weighted by Crippen LogP contribution is 2.24. The minimum Gasteiger partial charge on any atom is -0.382 e. The molecule has 2 N–H and O–H groups in total. The summed E-state index contributed by atoms with van der Waals surface area (Å²) < 4.78 is 2.16. The van der Waals surface area contributed by atoms with Crippen LogP contribution in [0.1, 0.15) is 6.92 Å². The molecule has 16 heavy (non-hydrogen) atoms. The number of fused-ring (bicyclic) bond motifs is 1. The molecule has 0 unspecified atom stereocenters. The van der Waals surface area contributed by atoms with Crippen molar-refractivity contribution in [2.45, 2.75) is 6.92 Å². The largest absolute Gasteiger partial charge is 0.382 e. The van der Waals surface area contributed by atoms with Crippen molar-refractivity contribution < 1.29 is 0 Å². The Hall–Kier alpha value is -1.48. The molecule has 1 aromatic carbocycles. The molecule has 0 atom stereocenters. The summed E-state index contributed by atoms with van der Waals surface area (Å²) in [4.78, 5) is 0. The molecule has 0 bridgehead atoms. The molecule has 0 aliphatic carbocycles. The van der Waals surface area contributed by atoms with Gasteiger partial charge in [0.25, 0.3) is 0 Å². The predicted octanol–water partition coefficient (Wildman–Crippen LogP) is 2.20. The normalized spacial score (nSPS) is 10.9. The van der Waals surface area contributed by atoms with Crippen LogP contribution < -0.4 is 10.6 Å². The number of para-hydroxylation sites is 1. The summed E-state index contributed by atoms with van der Waals surface area (Å²) in [5.74, 6) is 0. The summed E-state index contributed by atoms with van der Waals surface area (Å²) in [7, 11) is 2.08. The smallest absolute Gasteiger partial charge is 0.0600 e. The lowest BCUT2D eigenvalue weighted by Gasteiger charge is -2.04. The molecule has 3 heteroatoms. The molecule has 2 aromatic rings. The van der Waals surface area contributed by atoms with Crippen molar-refractivity contribution in [3.63, 3.8) is 0 Å². The van der Waals surface area contributed by atoms with Gasteiger partial charge in [-0.2, -0.15) is 0 Å². The van der Waals surface area contributed by atoms with Crippen LogP contribution in [0.25, 0.3) is 10.9 Å². The lowest BCUT2D eigenvalue weighted by Crippen LogP contribution is -2.21. The van der Waals surface area contributed by atoms with Crippen molar-refractivity contribution in [1.29, 1.82) is 0 Å². The number of hydrogen-bond donors (Lipinski definition) is 2. The summed E-state index contributed by atoms with van der Waals surface area (Å²) in [6.45, 7) is 5.11. The summed E-state index contributed by atoms with van der Waals surface area (Å²) >= 11 is 0. The molecular formula is C13H19N3.